The van der Waals surface area contributed by atoms with E-state index in [-0.39, 0.29) is 12.8 Å². The van der Waals surface area contributed by atoms with Gasteiger partial charge in [0.05, 0.1) is 6.04 Å². The fourth-order valence-electron chi connectivity index (χ4n) is 4.39. The lowest BCUT2D eigenvalue weighted by atomic mass is 10.0. The Labute approximate surface area is 233 Å². The Morgan fingerprint density at radius 2 is 1.45 bits per heavy atom. The SMILES string of the molecule is CC(N)C(=O)NC(CCCCN)C(=O)NC(Cc1ccccc1)C(=O)NC(Cc1c[nH]c2ccccc12)C(=O)O. The van der Waals surface area contributed by atoms with E-state index in [2.05, 4.69) is 20.9 Å². The molecule has 214 valence electrons. The van der Waals surface area contributed by atoms with Crippen LogP contribution in [0.4, 0.5) is 0 Å². The van der Waals surface area contributed by atoms with Gasteiger partial charge in [0, 0.05) is 29.9 Å². The van der Waals surface area contributed by atoms with Crippen molar-refractivity contribution in [2.75, 3.05) is 6.54 Å². The number of rotatable bonds is 15. The zero-order valence-electron chi connectivity index (χ0n) is 22.6. The second-order valence-electron chi connectivity index (χ2n) is 9.85. The number of para-hydroxylation sites is 1. The third-order valence-corrected chi connectivity index (χ3v) is 6.62. The summed E-state index contributed by atoms with van der Waals surface area (Å²) < 4.78 is 0. The number of carboxylic acid groups (broad SMARTS) is 1. The molecule has 0 fully saturated rings. The molecule has 40 heavy (non-hydrogen) atoms. The van der Waals surface area contributed by atoms with Gasteiger partial charge in [0.2, 0.25) is 17.7 Å². The van der Waals surface area contributed by atoms with Crippen LogP contribution in [0.1, 0.15) is 37.3 Å². The summed E-state index contributed by atoms with van der Waals surface area (Å²) in [6.07, 6.45) is 3.43. The number of nitrogens with two attached hydrogens (primary N) is 2. The minimum Gasteiger partial charge on any atom is -0.480 e. The minimum atomic E-state index is -1.24. The fourth-order valence-corrected chi connectivity index (χ4v) is 4.39. The Kier molecular flexibility index (Phi) is 11.2. The topological polar surface area (TPSA) is 192 Å². The molecule has 0 saturated heterocycles. The molecule has 3 amide bonds. The number of carbonyl (C=O) groups excluding carboxylic acids is 3. The van der Waals surface area contributed by atoms with Crippen LogP contribution < -0.4 is 27.4 Å². The minimum absolute atomic E-state index is 0.0449. The molecule has 4 unspecified atom stereocenters. The number of fused-ring (bicyclic) bond motifs is 1. The molecule has 0 aliphatic carbocycles. The van der Waals surface area contributed by atoms with Gasteiger partial charge in [0.1, 0.15) is 18.1 Å². The summed E-state index contributed by atoms with van der Waals surface area (Å²) in [5, 5.41) is 18.8. The van der Waals surface area contributed by atoms with E-state index in [4.69, 9.17) is 11.5 Å². The summed E-state index contributed by atoms with van der Waals surface area (Å²) in [6.45, 7) is 1.94. The van der Waals surface area contributed by atoms with Crippen LogP contribution in [0.25, 0.3) is 10.9 Å². The molecule has 0 saturated carbocycles. The Morgan fingerprint density at radius 3 is 2.12 bits per heavy atom. The summed E-state index contributed by atoms with van der Waals surface area (Å²) in [6, 6.07) is 12.5. The number of aromatic amines is 1. The zero-order chi connectivity index (χ0) is 29.1. The van der Waals surface area contributed by atoms with E-state index >= 15 is 0 Å². The van der Waals surface area contributed by atoms with E-state index in [0.29, 0.717) is 25.8 Å². The number of aromatic nitrogens is 1. The predicted molar refractivity (Wildman–Crippen MR) is 152 cm³/mol. The number of carbonyl (C=O) groups is 4. The van der Waals surface area contributed by atoms with Crippen LogP contribution in [0.3, 0.4) is 0 Å². The molecule has 0 radical (unpaired) electrons. The molecule has 0 aliphatic heterocycles. The van der Waals surface area contributed by atoms with E-state index in [1.54, 1.807) is 6.20 Å². The smallest absolute Gasteiger partial charge is 0.326 e. The summed E-state index contributed by atoms with van der Waals surface area (Å²) in [7, 11) is 0. The van der Waals surface area contributed by atoms with E-state index in [1.165, 1.54) is 6.92 Å². The maximum absolute atomic E-state index is 13.5. The lowest BCUT2D eigenvalue weighted by Gasteiger charge is -2.25. The Bertz CT molecular complexity index is 1290. The summed E-state index contributed by atoms with van der Waals surface area (Å²) in [4.78, 5) is 54.4. The number of hydrogen-bond donors (Lipinski definition) is 7. The van der Waals surface area contributed by atoms with Crippen LogP contribution in [-0.4, -0.2) is 64.5 Å². The number of aliphatic carboxylic acids is 1. The molecule has 4 atom stereocenters. The molecular formula is C29H38N6O5. The zero-order valence-corrected chi connectivity index (χ0v) is 22.6. The molecule has 9 N–H and O–H groups in total. The normalized spacial score (nSPS) is 14.1. The third-order valence-electron chi connectivity index (χ3n) is 6.62. The standard InChI is InChI=1S/C29H38N6O5/c1-18(31)26(36)33-23(13-7-8-14-30)27(37)34-24(15-19-9-3-2-4-10-19)28(38)35-25(29(39)40)16-20-17-32-22-12-6-5-11-21(20)22/h2-6,9-12,17-18,23-25,32H,7-8,13-16,30-31H2,1H3,(H,33,36)(H,34,37)(H,35,38)(H,39,40). The molecule has 0 spiro atoms. The van der Waals surface area contributed by atoms with Crippen LogP contribution in [0.15, 0.2) is 60.8 Å². The van der Waals surface area contributed by atoms with Crippen LogP contribution in [0, 0.1) is 0 Å². The van der Waals surface area contributed by atoms with Gasteiger partial charge in [0.15, 0.2) is 0 Å². The largest absolute Gasteiger partial charge is 0.480 e. The van der Waals surface area contributed by atoms with Crippen LogP contribution in [0.2, 0.25) is 0 Å². The highest BCUT2D eigenvalue weighted by atomic mass is 16.4. The second kappa shape index (κ2) is 14.8. The van der Waals surface area contributed by atoms with Crippen molar-refractivity contribution < 1.29 is 24.3 Å². The predicted octanol–water partition coefficient (Wildman–Crippen LogP) is 0.968. The van der Waals surface area contributed by atoms with Gasteiger partial charge in [-0.15, -0.1) is 0 Å². The summed E-state index contributed by atoms with van der Waals surface area (Å²) in [5.74, 6) is -2.91. The van der Waals surface area contributed by atoms with Gasteiger partial charge in [-0.05, 0) is 49.9 Å². The van der Waals surface area contributed by atoms with E-state index in [1.807, 2.05) is 54.6 Å². The van der Waals surface area contributed by atoms with Gasteiger partial charge < -0.3 is 37.5 Å². The molecule has 0 aliphatic rings. The number of hydrogen-bond acceptors (Lipinski definition) is 6. The number of nitrogens with one attached hydrogen (secondary N) is 4. The number of amides is 3. The Balaban J connectivity index is 1.80. The first-order valence-corrected chi connectivity index (χ1v) is 13.4. The number of benzene rings is 2. The molecule has 11 nitrogen and oxygen atoms in total. The first kappa shape index (κ1) is 30.3. The maximum Gasteiger partial charge on any atom is 0.326 e. The fraction of sp³-hybridized carbons (Fsp3) is 0.379. The highest BCUT2D eigenvalue weighted by molar-refractivity contribution is 5.94. The van der Waals surface area contributed by atoms with Gasteiger partial charge in [-0.25, -0.2) is 4.79 Å². The first-order chi connectivity index (χ1) is 19.2. The van der Waals surface area contributed by atoms with Gasteiger partial charge in [-0.2, -0.15) is 0 Å². The first-order valence-electron chi connectivity index (χ1n) is 13.4. The maximum atomic E-state index is 13.5. The molecule has 11 heteroatoms. The Morgan fingerprint density at radius 1 is 0.825 bits per heavy atom. The van der Waals surface area contributed by atoms with Crippen molar-refractivity contribution >= 4 is 34.6 Å². The van der Waals surface area contributed by atoms with E-state index < -0.39 is 47.9 Å². The van der Waals surface area contributed by atoms with Gasteiger partial charge >= 0.3 is 5.97 Å². The lowest BCUT2D eigenvalue weighted by molar-refractivity contribution is -0.142. The average Bonchev–Trinajstić information content (AvgIpc) is 3.34. The van der Waals surface area contributed by atoms with E-state index in [9.17, 15) is 24.3 Å². The number of H-pyrrole nitrogens is 1. The molecule has 1 aromatic heterocycles. The van der Waals surface area contributed by atoms with Crippen molar-refractivity contribution in [2.24, 2.45) is 11.5 Å². The highest BCUT2D eigenvalue weighted by Crippen LogP contribution is 2.19. The number of carboxylic acids is 1. The average molecular weight is 551 g/mol. The quantitative estimate of drug-likeness (QED) is 0.137. The number of unbranched alkanes of at least 4 members (excludes halogenated alkanes) is 1. The van der Waals surface area contributed by atoms with Gasteiger partial charge in [-0.1, -0.05) is 48.5 Å². The second-order valence-corrected chi connectivity index (χ2v) is 9.85. The van der Waals surface area contributed by atoms with Crippen molar-refractivity contribution in [1.82, 2.24) is 20.9 Å². The van der Waals surface area contributed by atoms with Gasteiger partial charge in [-0.3, -0.25) is 14.4 Å². The lowest BCUT2D eigenvalue weighted by Crippen LogP contribution is -2.57. The molecule has 1 heterocycles. The molecule has 0 bridgehead atoms. The van der Waals surface area contributed by atoms with Crippen molar-refractivity contribution in [3.8, 4) is 0 Å². The Hall–Kier alpha value is -4.22. The summed E-state index contributed by atoms with van der Waals surface area (Å²) in [5.41, 5.74) is 13.6. The van der Waals surface area contributed by atoms with E-state index in [0.717, 1.165) is 22.0 Å². The van der Waals surface area contributed by atoms with Gasteiger partial charge in [0.25, 0.3) is 0 Å². The highest BCUT2D eigenvalue weighted by Gasteiger charge is 2.30. The van der Waals surface area contributed by atoms with Crippen molar-refractivity contribution in [2.45, 2.75) is 63.2 Å². The summed E-state index contributed by atoms with van der Waals surface area (Å²) >= 11 is 0. The monoisotopic (exact) mass is 550 g/mol. The third kappa shape index (κ3) is 8.65. The molecular weight excluding hydrogens is 512 g/mol. The molecule has 2 aromatic carbocycles. The molecule has 3 aromatic rings. The van der Waals surface area contributed by atoms with Crippen molar-refractivity contribution in [1.29, 1.82) is 0 Å². The molecule has 3 rings (SSSR count). The van der Waals surface area contributed by atoms with Crippen LogP contribution >= 0.6 is 0 Å². The van der Waals surface area contributed by atoms with Crippen molar-refractivity contribution in [3.63, 3.8) is 0 Å². The van der Waals surface area contributed by atoms with Crippen LogP contribution in [0.5, 0.6) is 0 Å². The van der Waals surface area contributed by atoms with Crippen LogP contribution in [-0.2, 0) is 32.0 Å². The van der Waals surface area contributed by atoms with Crippen molar-refractivity contribution in [3.05, 3.63) is 71.9 Å².